The van der Waals surface area contributed by atoms with Gasteiger partial charge in [0.1, 0.15) is 0 Å². The summed E-state index contributed by atoms with van der Waals surface area (Å²) in [6.07, 6.45) is -1.79. The van der Waals surface area contributed by atoms with E-state index in [1.54, 1.807) is 0 Å². The second-order valence-corrected chi connectivity index (χ2v) is 5.06. The van der Waals surface area contributed by atoms with Crippen LogP contribution in [0.5, 0.6) is 0 Å². The second-order valence-electron chi connectivity index (χ2n) is 4.15. The lowest BCUT2D eigenvalue weighted by Crippen LogP contribution is -2.14. The first-order chi connectivity index (χ1) is 9.77. The molecule has 0 saturated heterocycles. The first-order valence-corrected chi connectivity index (χ1v) is 6.45. The normalized spacial score (nSPS) is 11.2. The summed E-state index contributed by atoms with van der Waals surface area (Å²) < 4.78 is 38.8. The molecule has 0 unspecified atom stereocenters. The Morgan fingerprint density at radius 3 is 2.57 bits per heavy atom. The second kappa shape index (κ2) is 5.72. The van der Waals surface area contributed by atoms with Gasteiger partial charge < -0.3 is 11.1 Å². The average Bonchev–Trinajstić information content (AvgIpc) is 2.39. The Bertz CT molecular complexity index is 689. The lowest BCUT2D eigenvalue weighted by atomic mass is 10.1. The Morgan fingerprint density at radius 2 is 1.95 bits per heavy atom. The molecule has 2 aromatic rings. The van der Waals surface area contributed by atoms with Crippen LogP contribution in [-0.4, -0.2) is 10.9 Å². The van der Waals surface area contributed by atoms with Crippen molar-refractivity contribution < 1.29 is 18.0 Å². The van der Waals surface area contributed by atoms with E-state index in [1.165, 1.54) is 24.5 Å². The highest BCUT2D eigenvalue weighted by Gasteiger charge is 2.33. The van der Waals surface area contributed by atoms with Crippen LogP contribution in [-0.2, 0) is 6.18 Å². The topological polar surface area (TPSA) is 68.0 Å². The molecule has 0 bridgehead atoms. The summed E-state index contributed by atoms with van der Waals surface area (Å²) in [5.74, 6) is -0.568. The Kier molecular flexibility index (Phi) is 4.17. The molecule has 0 aliphatic carbocycles. The highest BCUT2D eigenvalue weighted by molar-refractivity contribution is 9.10. The van der Waals surface area contributed by atoms with Crippen molar-refractivity contribution in [3.63, 3.8) is 0 Å². The van der Waals surface area contributed by atoms with Crippen LogP contribution in [0, 0.1) is 0 Å². The Balaban J connectivity index is 2.26. The third-order valence-electron chi connectivity index (χ3n) is 2.58. The van der Waals surface area contributed by atoms with Crippen LogP contribution < -0.4 is 11.1 Å². The van der Waals surface area contributed by atoms with E-state index in [9.17, 15) is 18.0 Å². The minimum absolute atomic E-state index is 0.00139. The Morgan fingerprint density at radius 1 is 1.24 bits per heavy atom. The van der Waals surface area contributed by atoms with E-state index in [2.05, 4.69) is 26.2 Å². The van der Waals surface area contributed by atoms with Gasteiger partial charge in [-0.05, 0) is 40.2 Å². The number of pyridine rings is 1. The van der Waals surface area contributed by atoms with Gasteiger partial charge in [-0.1, -0.05) is 0 Å². The number of hydrogen-bond acceptors (Lipinski definition) is 3. The third-order valence-corrected chi connectivity index (χ3v) is 3.02. The summed E-state index contributed by atoms with van der Waals surface area (Å²) in [6.45, 7) is 0. The van der Waals surface area contributed by atoms with Gasteiger partial charge in [-0.3, -0.25) is 9.78 Å². The van der Waals surface area contributed by atoms with Gasteiger partial charge in [0.15, 0.2) is 0 Å². The number of alkyl halides is 3. The smallest absolute Gasteiger partial charge is 0.398 e. The van der Waals surface area contributed by atoms with Crippen molar-refractivity contribution in [1.29, 1.82) is 0 Å². The summed E-state index contributed by atoms with van der Waals surface area (Å²) in [6, 6.07) is 4.69. The summed E-state index contributed by atoms with van der Waals surface area (Å²) in [4.78, 5) is 15.7. The summed E-state index contributed by atoms with van der Waals surface area (Å²) in [7, 11) is 0. The maximum absolute atomic E-state index is 12.7. The van der Waals surface area contributed by atoms with Gasteiger partial charge >= 0.3 is 6.18 Å². The van der Waals surface area contributed by atoms with Crippen LogP contribution in [0.25, 0.3) is 0 Å². The van der Waals surface area contributed by atoms with Crippen LogP contribution >= 0.6 is 15.9 Å². The van der Waals surface area contributed by atoms with Crippen molar-refractivity contribution in [3.05, 3.63) is 52.3 Å². The number of nitrogens with two attached hydrogens (primary N) is 1. The van der Waals surface area contributed by atoms with Gasteiger partial charge in [0.2, 0.25) is 0 Å². The highest BCUT2D eigenvalue weighted by atomic mass is 79.9. The number of carbonyl (C=O) groups excluding carboxylic acids is 1. The molecule has 1 heterocycles. The maximum Gasteiger partial charge on any atom is 0.418 e. The standard InChI is InChI=1S/C13H9BrF3N3O/c14-8-3-7(5-19-6-8)12(21)20-9-1-2-11(18)10(4-9)13(15,16)17/h1-6H,18H2,(H,20,21). The molecular weight excluding hydrogens is 351 g/mol. The molecule has 0 saturated carbocycles. The number of rotatable bonds is 2. The number of nitrogens with zero attached hydrogens (tertiary/aromatic N) is 1. The molecule has 1 aromatic carbocycles. The van der Waals surface area contributed by atoms with Gasteiger partial charge in [0.25, 0.3) is 5.91 Å². The molecular formula is C13H9BrF3N3O. The molecule has 0 radical (unpaired) electrons. The van der Waals surface area contributed by atoms with Crippen LogP contribution in [0.4, 0.5) is 24.5 Å². The number of aromatic nitrogens is 1. The van der Waals surface area contributed by atoms with E-state index in [-0.39, 0.29) is 11.3 Å². The first-order valence-electron chi connectivity index (χ1n) is 5.66. The number of benzene rings is 1. The van der Waals surface area contributed by atoms with Gasteiger partial charge in [0, 0.05) is 28.2 Å². The molecule has 8 heteroatoms. The van der Waals surface area contributed by atoms with Crippen LogP contribution in [0.15, 0.2) is 41.1 Å². The minimum atomic E-state index is -4.58. The fourth-order valence-corrected chi connectivity index (χ4v) is 1.98. The summed E-state index contributed by atoms with van der Waals surface area (Å²) in [5.41, 5.74) is 4.12. The van der Waals surface area contributed by atoms with Gasteiger partial charge in [-0.2, -0.15) is 13.2 Å². The predicted molar refractivity (Wildman–Crippen MR) is 75.7 cm³/mol. The highest BCUT2D eigenvalue weighted by Crippen LogP contribution is 2.35. The fourth-order valence-electron chi connectivity index (χ4n) is 1.62. The molecule has 0 aliphatic heterocycles. The minimum Gasteiger partial charge on any atom is -0.398 e. The zero-order valence-corrected chi connectivity index (χ0v) is 12.0. The van der Waals surface area contributed by atoms with Crippen LogP contribution in [0.2, 0.25) is 0 Å². The van der Waals surface area contributed by atoms with E-state index < -0.39 is 23.3 Å². The Labute approximate surface area is 126 Å². The summed E-state index contributed by atoms with van der Waals surface area (Å²) in [5, 5.41) is 2.37. The van der Waals surface area contributed by atoms with Gasteiger partial charge in [0.05, 0.1) is 11.1 Å². The van der Waals surface area contributed by atoms with Gasteiger partial charge in [-0.15, -0.1) is 0 Å². The SMILES string of the molecule is Nc1ccc(NC(=O)c2cncc(Br)c2)cc1C(F)(F)F. The van der Waals surface area contributed by atoms with E-state index in [0.717, 1.165) is 12.1 Å². The number of carbonyl (C=O) groups is 1. The largest absolute Gasteiger partial charge is 0.418 e. The number of hydrogen-bond donors (Lipinski definition) is 2. The Hall–Kier alpha value is -2.09. The average molecular weight is 360 g/mol. The van der Waals surface area contributed by atoms with Crippen molar-refractivity contribution in [2.75, 3.05) is 11.1 Å². The number of halogens is 4. The molecule has 110 valence electrons. The molecule has 2 rings (SSSR count). The lowest BCUT2D eigenvalue weighted by molar-refractivity contribution is -0.136. The van der Waals surface area contributed by atoms with Crippen LogP contribution in [0.1, 0.15) is 15.9 Å². The van der Waals surface area contributed by atoms with E-state index in [1.807, 2.05) is 0 Å². The fraction of sp³-hybridized carbons (Fsp3) is 0.0769. The maximum atomic E-state index is 12.7. The molecule has 1 amide bonds. The predicted octanol–water partition coefficient (Wildman–Crippen LogP) is 3.70. The molecule has 0 aliphatic rings. The zero-order chi connectivity index (χ0) is 15.6. The molecule has 3 N–H and O–H groups in total. The third kappa shape index (κ3) is 3.72. The van der Waals surface area contributed by atoms with E-state index in [4.69, 9.17) is 5.73 Å². The van der Waals surface area contributed by atoms with Crippen molar-refractivity contribution >= 4 is 33.2 Å². The quantitative estimate of drug-likeness (QED) is 0.803. The molecule has 0 atom stereocenters. The first kappa shape index (κ1) is 15.3. The van der Waals surface area contributed by atoms with Gasteiger partial charge in [-0.25, -0.2) is 0 Å². The lowest BCUT2D eigenvalue weighted by Gasteiger charge is -2.12. The molecule has 4 nitrogen and oxygen atoms in total. The molecule has 0 spiro atoms. The van der Waals surface area contributed by atoms with Crippen molar-refractivity contribution in [3.8, 4) is 0 Å². The van der Waals surface area contributed by atoms with Crippen molar-refractivity contribution in [2.45, 2.75) is 6.18 Å². The number of nitrogens with one attached hydrogen (secondary N) is 1. The van der Waals surface area contributed by atoms with E-state index in [0.29, 0.717) is 4.47 Å². The number of amides is 1. The molecule has 21 heavy (non-hydrogen) atoms. The van der Waals surface area contributed by atoms with E-state index >= 15 is 0 Å². The number of anilines is 2. The number of nitrogen functional groups attached to an aromatic ring is 1. The molecule has 0 fully saturated rings. The molecule has 1 aromatic heterocycles. The monoisotopic (exact) mass is 359 g/mol. The van der Waals surface area contributed by atoms with Crippen molar-refractivity contribution in [2.24, 2.45) is 0 Å². The van der Waals surface area contributed by atoms with Crippen molar-refractivity contribution in [1.82, 2.24) is 4.98 Å². The van der Waals surface area contributed by atoms with Crippen LogP contribution in [0.3, 0.4) is 0 Å². The summed E-state index contributed by atoms with van der Waals surface area (Å²) >= 11 is 3.16. The zero-order valence-electron chi connectivity index (χ0n) is 10.4.